The second-order valence-corrected chi connectivity index (χ2v) is 11.3. The van der Waals surface area contributed by atoms with Crippen molar-refractivity contribution >= 4 is 47.1 Å². The molecule has 190 valence electrons. The molecule has 1 aromatic heterocycles. The molecule has 0 fully saturated rings. The molecule has 0 spiro atoms. The van der Waals surface area contributed by atoms with Crippen molar-refractivity contribution in [1.82, 2.24) is 20.2 Å². The van der Waals surface area contributed by atoms with Gasteiger partial charge in [-0.3, -0.25) is 9.36 Å². The molecule has 1 heterocycles. The van der Waals surface area contributed by atoms with Gasteiger partial charge in [-0.1, -0.05) is 110 Å². The molecule has 1 N–H and O–H groups in total. The molecule has 9 heteroatoms. The lowest BCUT2D eigenvalue weighted by Crippen LogP contribution is -2.20. The number of halogens is 2. The van der Waals surface area contributed by atoms with E-state index in [4.69, 9.17) is 23.2 Å². The molecular weight excluding hydrogens is 525 g/mol. The minimum Gasteiger partial charge on any atom is -0.272 e. The SMILES string of the molecule is Cc1ccc(-n2c(SCC(=O)NN=Cc3cccc(Cl)c3Cl)nnc2-c2ccc(C(C)(C)C)cc2)cc1. The van der Waals surface area contributed by atoms with Gasteiger partial charge < -0.3 is 0 Å². The Kier molecular flexibility index (Phi) is 8.37. The average Bonchev–Trinajstić information content (AvgIpc) is 3.29. The first kappa shape index (κ1) is 26.9. The molecule has 0 saturated carbocycles. The van der Waals surface area contributed by atoms with Gasteiger partial charge in [0.1, 0.15) is 0 Å². The summed E-state index contributed by atoms with van der Waals surface area (Å²) in [5, 5.41) is 14.3. The molecule has 4 aromatic rings. The summed E-state index contributed by atoms with van der Waals surface area (Å²) in [5.41, 5.74) is 7.45. The monoisotopic (exact) mass is 551 g/mol. The zero-order valence-electron chi connectivity index (χ0n) is 21.0. The lowest BCUT2D eigenvalue weighted by Gasteiger charge is -2.19. The summed E-state index contributed by atoms with van der Waals surface area (Å²) in [6.45, 7) is 8.60. The van der Waals surface area contributed by atoms with Gasteiger partial charge in [0.15, 0.2) is 11.0 Å². The van der Waals surface area contributed by atoms with E-state index < -0.39 is 0 Å². The van der Waals surface area contributed by atoms with Crippen molar-refractivity contribution in [3.63, 3.8) is 0 Å². The highest BCUT2D eigenvalue weighted by Crippen LogP contribution is 2.30. The Balaban J connectivity index is 1.54. The second kappa shape index (κ2) is 11.5. The Bertz CT molecular complexity index is 1420. The summed E-state index contributed by atoms with van der Waals surface area (Å²) < 4.78 is 1.97. The molecule has 6 nitrogen and oxygen atoms in total. The highest BCUT2D eigenvalue weighted by Gasteiger charge is 2.19. The second-order valence-electron chi connectivity index (χ2n) is 9.53. The minimum atomic E-state index is -0.283. The van der Waals surface area contributed by atoms with Gasteiger partial charge in [-0.15, -0.1) is 10.2 Å². The Morgan fingerprint density at radius 3 is 2.41 bits per heavy atom. The van der Waals surface area contributed by atoms with E-state index >= 15 is 0 Å². The molecule has 0 saturated heterocycles. The van der Waals surface area contributed by atoms with Crippen molar-refractivity contribution < 1.29 is 4.79 Å². The van der Waals surface area contributed by atoms with Crippen LogP contribution in [0.5, 0.6) is 0 Å². The van der Waals surface area contributed by atoms with E-state index in [0.29, 0.717) is 26.6 Å². The minimum absolute atomic E-state index is 0.0537. The highest BCUT2D eigenvalue weighted by molar-refractivity contribution is 7.99. The maximum absolute atomic E-state index is 12.5. The predicted molar refractivity (Wildman–Crippen MR) is 153 cm³/mol. The van der Waals surface area contributed by atoms with Gasteiger partial charge in [0, 0.05) is 16.8 Å². The number of amides is 1. The van der Waals surface area contributed by atoms with Crippen molar-refractivity contribution in [3.8, 4) is 17.1 Å². The third-order valence-corrected chi connectivity index (χ3v) is 7.40. The number of benzene rings is 3. The number of aryl methyl sites for hydroxylation is 1. The zero-order valence-corrected chi connectivity index (χ0v) is 23.3. The predicted octanol–water partition coefficient (Wildman–Crippen LogP) is 7.09. The maximum atomic E-state index is 12.5. The summed E-state index contributed by atoms with van der Waals surface area (Å²) in [4.78, 5) is 12.5. The van der Waals surface area contributed by atoms with Crippen LogP contribution in [-0.4, -0.2) is 32.6 Å². The van der Waals surface area contributed by atoms with E-state index in [0.717, 1.165) is 16.8 Å². The van der Waals surface area contributed by atoms with Gasteiger partial charge in [0.25, 0.3) is 5.91 Å². The number of rotatable bonds is 7. The number of hydrogen-bond acceptors (Lipinski definition) is 5. The van der Waals surface area contributed by atoms with E-state index in [1.165, 1.54) is 23.5 Å². The third-order valence-electron chi connectivity index (χ3n) is 5.64. The van der Waals surface area contributed by atoms with Gasteiger partial charge in [0.05, 0.1) is 22.0 Å². The lowest BCUT2D eigenvalue weighted by atomic mass is 9.87. The topological polar surface area (TPSA) is 72.2 Å². The number of thioether (sulfide) groups is 1. The first-order valence-electron chi connectivity index (χ1n) is 11.7. The summed E-state index contributed by atoms with van der Waals surface area (Å²) in [6.07, 6.45) is 1.46. The summed E-state index contributed by atoms with van der Waals surface area (Å²) in [5.74, 6) is 0.530. The van der Waals surface area contributed by atoms with Crippen molar-refractivity contribution in [1.29, 1.82) is 0 Å². The van der Waals surface area contributed by atoms with Crippen LogP contribution in [0.3, 0.4) is 0 Å². The van der Waals surface area contributed by atoms with E-state index in [2.05, 4.69) is 65.8 Å². The van der Waals surface area contributed by atoms with Crippen molar-refractivity contribution in [2.75, 3.05) is 5.75 Å². The van der Waals surface area contributed by atoms with Crippen LogP contribution in [0.1, 0.15) is 37.5 Å². The van der Waals surface area contributed by atoms with Gasteiger partial charge in [0.2, 0.25) is 0 Å². The Morgan fingerprint density at radius 1 is 1.03 bits per heavy atom. The standard InChI is InChI=1S/C28H27Cl2N5OS/c1-18-8-14-22(15-9-18)35-26(19-10-12-21(13-11-19)28(2,3)4)33-34-27(35)37-17-24(36)32-31-16-20-6-5-7-23(29)25(20)30/h5-16H,17H2,1-4H3,(H,32,36). The molecule has 0 aliphatic carbocycles. The molecule has 1 amide bonds. The average molecular weight is 553 g/mol. The lowest BCUT2D eigenvalue weighted by molar-refractivity contribution is -0.118. The fourth-order valence-corrected chi connectivity index (χ4v) is 4.65. The van der Waals surface area contributed by atoms with Gasteiger partial charge in [-0.2, -0.15) is 5.10 Å². The van der Waals surface area contributed by atoms with E-state index in [1.807, 2.05) is 35.8 Å². The molecule has 37 heavy (non-hydrogen) atoms. The first-order chi connectivity index (χ1) is 17.6. The van der Waals surface area contributed by atoms with Crippen molar-refractivity contribution in [3.05, 3.63) is 93.5 Å². The molecule has 0 aliphatic rings. The fourth-order valence-electron chi connectivity index (χ4n) is 3.55. The van der Waals surface area contributed by atoms with Crippen LogP contribution in [0.15, 0.2) is 77.0 Å². The molecular formula is C28H27Cl2N5OS. The highest BCUT2D eigenvalue weighted by atomic mass is 35.5. The fraction of sp³-hybridized carbons (Fsp3) is 0.214. The number of carbonyl (C=O) groups excluding carboxylic acids is 1. The molecule has 0 aliphatic heterocycles. The maximum Gasteiger partial charge on any atom is 0.250 e. The van der Waals surface area contributed by atoms with E-state index in [9.17, 15) is 4.79 Å². The van der Waals surface area contributed by atoms with Crippen LogP contribution >= 0.6 is 35.0 Å². The van der Waals surface area contributed by atoms with Crippen LogP contribution < -0.4 is 5.43 Å². The third kappa shape index (κ3) is 6.60. The number of nitrogens with one attached hydrogen (secondary N) is 1. The Hall–Kier alpha value is -3.13. The molecule has 4 rings (SSSR count). The quantitative estimate of drug-likeness (QED) is 0.151. The van der Waals surface area contributed by atoms with Crippen LogP contribution in [0.4, 0.5) is 0 Å². The largest absolute Gasteiger partial charge is 0.272 e. The van der Waals surface area contributed by atoms with E-state index in [-0.39, 0.29) is 17.1 Å². The normalized spacial score (nSPS) is 11.7. The summed E-state index contributed by atoms with van der Waals surface area (Å²) >= 11 is 13.5. The van der Waals surface area contributed by atoms with Crippen LogP contribution in [0.25, 0.3) is 17.1 Å². The number of aromatic nitrogens is 3. The van der Waals surface area contributed by atoms with Crippen LogP contribution in [-0.2, 0) is 10.2 Å². The molecule has 0 unspecified atom stereocenters. The smallest absolute Gasteiger partial charge is 0.250 e. The van der Waals surface area contributed by atoms with Gasteiger partial charge >= 0.3 is 0 Å². The van der Waals surface area contributed by atoms with Crippen LogP contribution in [0, 0.1) is 6.92 Å². The van der Waals surface area contributed by atoms with E-state index in [1.54, 1.807) is 18.2 Å². The number of carbonyl (C=O) groups is 1. The summed E-state index contributed by atoms with van der Waals surface area (Å²) in [6, 6.07) is 21.7. The van der Waals surface area contributed by atoms with Crippen LogP contribution in [0.2, 0.25) is 10.0 Å². The first-order valence-corrected chi connectivity index (χ1v) is 13.4. The van der Waals surface area contributed by atoms with Crippen molar-refractivity contribution in [2.24, 2.45) is 5.10 Å². The van der Waals surface area contributed by atoms with Gasteiger partial charge in [-0.25, -0.2) is 5.43 Å². The molecule has 0 atom stereocenters. The number of nitrogens with zero attached hydrogens (tertiary/aromatic N) is 4. The van der Waals surface area contributed by atoms with Gasteiger partial charge in [-0.05, 0) is 36.1 Å². The molecule has 0 radical (unpaired) electrons. The van der Waals surface area contributed by atoms with Crippen molar-refractivity contribution in [2.45, 2.75) is 38.3 Å². The number of hydrazone groups is 1. The Labute approximate surface area is 231 Å². The Morgan fingerprint density at radius 2 is 1.73 bits per heavy atom. The zero-order chi connectivity index (χ0) is 26.6. The molecule has 0 bridgehead atoms. The molecule has 3 aromatic carbocycles. The number of hydrogen-bond donors (Lipinski definition) is 1. The summed E-state index contributed by atoms with van der Waals surface area (Å²) in [7, 11) is 0.